The van der Waals surface area contributed by atoms with Crippen molar-refractivity contribution in [1.82, 2.24) is 0 Å². The first-order chi connectivity index (χ1) is 10.4. The van der Waals surface area contributed by atoms with Gasteiger partial charge in [-0.25, -0.2) is 0 Å². The summed E-state index contributed by atoms with van der Waals surface area (Å²) in [5, 5.41) is 21.1. The van der Waals surface area contributed by atoms with Crippen molar-refractivity contribution in [3.63, 3.8) is 0 Å². The quantitative estimate of drug-likeness (QED) is 0.725. The second-order valence-electron chi connectivity index (χ2n) is 8.12. The second-order valence-corrected chi connectivity index (χ2v) is 9.23. The van der Waals surface area contributed by atoms with E-state index in [0.29, 0.717) is 11.8 Å². The lowest BCUT2D eigenvalue weighted by Crippen LogP contribution is -2.52. The van der Waals surface area contributed by atoms with Gasteiger partial charge in [-0.1, -0.05) is 33.3 Å². The molecule has 0 spiro atoms. The molecule has 1 saturated heterocycles. The van der Waals surface area contributed by atoms with Gasteiger partial charge < -0.3 is 10.2 Å². The van der Waals surface area contributed by atoms with Gasteiger partial charge in [-0.3, -0.25) is 0 Å². The molecular weight excluding hydrogens is 292 g/mol. The van der Waals surface area contributed by atoms with E-state index in [1.807, 2.05) is 6.08 Å². The summed E-state index contributed by atoms with van der Waals surface area (Å²) in [6.07, 6.45) is 9.22. The fourth-order valence-corrected chi connectivity index (χ4v) is 6.26. The maximum atomic E-state index is 10.8. The number of aliphatic hydroxyl groups is 2. The molecule has 2 aliphatic rings. The molecule has 22 heavy (non-hydrogen) atoms. The summed E-state index contributed by atoms with van der Waals surface area (Å²) < 4.78 is 0. The van der Waals surface area contributed by atoms with E-state index in [9.17, 15) is 10.2 Å². The second kappa shape index (κ2) is 7.27. The van der Waals surface area contributed by atoms with Crippen LogP contribution in [-0.2, 0) is 0 Å². The molecule has 0 aromatic heterocycles. The third-order valence-corrected chi connectivity index (χ3v) is 8.03. The minimum Gasteiger partial charge on any atom is -0.393 e. The van der Waals surface area contributed by atoms with Gasteiger partial charge in [-0.05, 0) is 61.5 Å². The fraction of sp³-hybridized carbons (Fsp3) is 0.895. The summed E-state index contributed by atoms with van der Waals surface area (Å²) in [4.78, 5) is 0. The molecule has 3 heteroatoms. The number of thioether (sulfide) groups is 1. The van der Waals surface area contributed by atoms with Crippen LogP contribution in [0.15, 0.2) is 12.7 Å². The van der Waals surface area contributed by atoms with Crippen molar-refractivity contribution in [2.45, 2.75) is 77.3 Å². The van der Waals surface area contributed by atoms with Gasteiger partial charge in [-0.15, -0.1) is 18.3 Å². The topological polar surface area (TPSA) is 40.5 Å². The predicted octanol–water partition coefficient (Wildman–Crippen LogP) is 4.61. The standard InChI is InChI=1S/C19H34O2S/c1-5-7-14-11-19(4,17(21)22-13-14)18(3)10-9-16(20)15(12-18)8-6-2/h5,14-17,20-21H,1,6-13H2,2-4H3. The van der Waals surface area contributed by atoms with Crippen LogP contribution in [0.3, 0.4) is 0 Å². The summed E-state index contributed by atoms with van der Waals surface area (Å²) >= 11 is 1.73. The number of hydrogen-bond donors (Lipinski definition) is 2. The van der Waals surface area contributed by atoms with Crippen LogP contribution in [-0.4, -0.2) is 27.5 Å². The zero-order valence-electron chi connectivity index (χ0n) is 14.6. The highest BCUT2D eigenvalue weighted by Gasteiger charge is 2.54. The molecule has 0 amide bonds. The van der Waals surface area contributed by atoms with E-state index in [0.717, 1.165) is 50.7 Å². The maximum absolute atomic E-state index is 10.8. The van der Waals surface area contributed by atoms with Crippen LogP contribution in [0.4, 0.5) is 0 Å². The Morgan fingerprint density at radius 2 is 2.00 bits per heavy atom. The van der Waals surface area contributed by atoms with Crippen molar-refractivity contribution < 1.29 is 10.2 Å². The smallest absolute Gasteiger partial charge is 0.105 e. The maximum Gasteiger partial charge on any atom is 0.105 e. The van der Waals surface area contributed by atoms with Crippen LogP contribution in [0.5, 0.6) is 0 Å². The summed E-state index contributed by atoms with van der Waals surface area (Å²) in [6, 6.07) is 0. The zero-order chi connectivity index (χ0) is 16.4. The predicted molar refractivity (Wildman–Crippen MR) is 95.9 cm³/mol. The van der Waals surface area contributed by atoms with E-state index in [4.69, 9.17) is 0 Å². The number of allylic oxidation sites excluding steroid dienone is 1. The molecule has 2 N–H and O–H groups in total. The largest absolute Gasteiger partial charge is 0.393 e. The summed E-state index contributed by atoms with van der Waals surface area (Å²) in [6.45, 7) is 10.7. The molecular formula is C19H34O2S. The van der Waals surface area contributed by atoms with Crippen LogP contribution in [0.25, 0.3) is 0 Å². The lowest BCUT2D eigenvalue weighted by molar-refractivity contribution is -0.0959. The van der Waals surface area contributed by atoms with E-state index in [-0.39, 0.29) is 22.4 Å². The molecule has 0 aromatic rings. The Bertz CT molecular complexity index is 386. The summed E-state index contributed by atoms with van der Waals surface area (Å²) in [5.41, 5.74) is -0.218. The Morgan fingerprint density at radius 1 is 1.27 bits per heavy atom. The Balaban J connectivity index is 2.19. The highest BCUT2D eigenvalue weighted by atomic mass is 32.2. The van der Waals surface area contributed by atoms with E-state index >= 15 is 0 Å². The molecule has 1 heterocycles. The van der Waals surface area contributed by atoms with Gasteiger partial charge in [0.25, 0.3) is 0 Å². The van der Waals surface area contributed by atoms with Crippen LogP contribution < -0.4 is 0 Å². The molecule has 1 saturated carbocycles. The summed E-state index contributed by atoms with van der Waals surface area (Å²) in [7, 11) is 0. The average molecular weight is 327 g/mol. The van der Waals surface area contributed by atoms with Crippen molar-refractivity contribution in [2.75, 3.05) is 5.75 Å². The number of rotatable bonds is 5. The van der Waals surface area contributed by atoms with Crippen molar-refractivity contribution in [1.29, 1.82) is 0 Å². The van der Waals surface area contributed by atoms with Crippen LogP contribution >= 0.6 is 11.8 Å². The summed E-state index contributed by atoms with van der Waals surface area (Å²) in [5.74, 6) is 2.07. The normalized spacial score (nSPS) is 46.4. The van der Waals surface area contributed by atoms with E-state index < -0.39 is 0 Å². The molecule has 0 bridgehead atoms. The molecule has 128 valence electrons. The first-order valence-corrected chi connectivity index (χ1v) is 10.00. The lowest BCUT2D eigenvalue weighted by atomic mass is 9.53. The van der Waals surface area contributed by atoms with Crippen molar-refractivity contribution in [2.24, 2.45) is 22.7 Å². The Kier molecular flexibility index (Phi) is 6.07. The Morgan fingerprint density at radius 3 is 2.64 bits per heavy atom. The molecule has 2 rings (SSSR count). The third kappa shape index (κ3) is 3.42. The minimum absolute atomic E-state index is 0.0598. The van der Waals surface area contributed by atoms with Crippen molar-refractivity contribution in [3.8, 4) is 0 Å². The highest BCUT2D eigenvalue weighted by molar-refractivity contribution is 7.99. The van der Waals surface area contributed by atoms with Gasteiger partial charge in [0.15, 0.2) is 0 Å². The average Bonchev–Trinajstić information content (AvgIpc) is 2.47. The van der Waals surface area contributed by atoms with Gasteiger partial charge in [0.2, 0.25) is 0 Å². The number of hydrogen-bond acceptors (Lipinski definition) is 3. The fourth-order valence-electron chi connectivity index (χ4n) is 4.81. The van der Waals surface area contributed by atoms with Crippen molar-refractivity contribution >= 4 is 11.8 Å². The monoisotopic (exact) mass is 326 g/mol. The minimum atomic E-state index is -0.281. The molecule has 0 aromatic carbocycles. The van der Waals surface area contributed by atoms with Crippen LogP contribution in [0.2, 0.25) is 0 Å². The zero-order valence-corrected chi connectivity index (χ0v) is 15.4. The van der Waals surface area contributed by atoms with Gasteiger partial charge in [0, 0.05) is 5.41 Å². The third-order valence-electron chi connectivity index (χ3n) is 6.53. The molecule has 2 fully saturated rings. The lowest BCUT2D eigenvalue weighted by Gasteiger charge is -2.56. The van der Waals surface area contributed by atoms with E-state index in [1.54, 1.807) is 11.8 Å². The molecule has 1 aliphatic carbocycles. The molecule has 6 atom stereocenters. The molecule has 6 unspecified atom stereocenters. The van der Waals surface area contributed by atoms with Gasteiger partial charge in [0.05, 0.1) is 6.10 Å². The van der Waals surface area contributed by atoms with E-state index in [2.05, 4.69) is 27.4 Å². The molecule has 1 aliphatic heterocycles. The highest BCUT2D eigenvalue weighted by Crippen LogP contribution is 2.60. The van der Waals surface area contributed by atoms with Crippen LogP contribution in [0, 0.1) is 22.7 Å². The first kappa shape index (κ1) is 18.4. The van der Waals surface area contributed by atoms with Gasteiger partial charge in [0.1, 0.15) is 5.44 Å². The molecule has 2 nitrogen and oxygen atoms in total. The Hall–Kier alpha value is 0.01000. The van der Waals surface area contributed by atoms with Crippen LogP contribution in [0.1, 0.15) is 65.7 Å². The van der Waals surface area contributed by atoms with Gasteiger partial charge >= 0.3 is 0 Å². The number of aliphatic hydroxyl groups excluding tert-OH is 2. The Labute approximate surface area is 140 Å². The van der Waals surface area contributed by atoms with E-state index in [1.165, 1.54) is 0 Å². The molecule has 0 radical (unpaired) electrons. The van der Waals surface area contributed by atoms with Gasteiger partial charge in [-0.2, -0.15) is 0 Å². The SMILES string of the molecule is C=CCC1CSC(O)C(C)(C2(C)CCC(O)C(CCC)C2)C1. The first-order valence-electron chi connectivity index (χ1n) is 8.95. The van der Waals surface area contributed by atoms with Crippen molar-refractivity contribution in [3.05, 3.63) is 12.7 Å².